The number of nitrogens with zero attached hydrogens (tertiary/aromatic N) is 5. The Balaban J connectivity index is 1.97. The van der Waals surface area contributed by atoms with E-state index in [-0.39, 0.29) is 0 Å². The summed E-state index contributed by atoms with van der Waals surface area (Å²) in [5.74, 6) is 2.33. The minimum atomic E-state index is 0.469. The Bertz CT molecular complexity index is 493. The predicted octanol–water partition coefficient (Wildman–Crippen LogP) is 1.69. The van der Waals surface area contributed by atoms with Crippen LogP contribution in [0.2, 0.25) is 0 Å². The standard InChI is InChI=1S/C11H16ClN5O/c1-8(2)5-11-13-10(15-18-11)7-17-6-9(3-4-12)14-16-17/h6,8H,3-5,7H2,1-2H3. The van der Waals surface area contributed by atoms with Gasteiger partial charge in [0.15, 0.2) is 5.82 Å². The smallest absolute Gasteiger partial charge is 0.226 e. The molecular formula is C11H16ClN5O. The van der Waals surface area contributed by atoms with Crippen LogP contribution in [0.3, 0.4) is 0 Å². The summed E-state index contributed by atoms with van der Waals surface area (Å²) in [4.78, 5) is 4.31. The largest absolute Gasteiger partial charge is 0.339 e. The van der Waals surface area contributed by atoms with Gasteiger partial charge in [-0.05, 0) is 5.92 Å². The molecule has 2 aromatic rings. The van der Waals surface area contributed by atoms with Crippen LogP contribution in [0.1, 0.15) is 31.3 Å². The molecule has 18 heavy (non-hydrogen) atoms. The van der Waals surface area contributed by atoms with E-state index in [2.05, 4.69) is 34.3 Å². The predicted molar refractivity (Wildman–Crippen MR) is 66.4 cm³/mol. The minimum absolute atomic E-state index is 0.469. The molecule has 0 atom stereocenters. The molecule has 0 unspecified atom stereocenters. The quantitative estimate of drug-likeness (QED) is 0.747. The van der Waals surface area contributed by atoms with Crippen LogP contribution in [0.5, 0.6) is 0 Å². The van der Waals surface area contributed by atoms with E-state index in [4.69, 9.17) is 16.1 Å². The lowest BCUT2D eigenvalue weighted by Gasteiger charge is -1.96. The second kappa shape index (κ2) is 5.95. The molecular weight excluding hydrogens is 254 g/mol. The van der Waals surface area contributed by atoms with E-state index in [1.54, 1.807) is 4.68 Å². The zero-order valence-electron chi connectivity index (χ0n) is 10.5. The lowest BCUT2D eigenvalue weighted by Crippen LogP contribution is -2.02. The van der Waals surface area contributed by atoms with Crippen molar-refractivity contribution >= 4 is 11.6 Å². The Morgan fingerprint density at radius 2 is 2.28 bits per heavy atom. The molecule has 0 aliphatic heterocycles. The lowest BCUT2D eigenvalue weighted by molar-refractivity contribution is 0.357. The van der Waals surface area contributed by atoms with E-state index in [0.29, 0.717) is 36.5 Å². The van der Waals surface area contributed by atoms with Crippen LogP contribution in [-0.2, 0) is 19.4 Å². The van der Waals surface area contributed by atoms with Crippen molar-refractivity contribution in [3.05, 3.63) is 23.6 Å². The fourth-order valence-electron chi connectivity index (χ4n) is 1.56. The number of aryl methyl sites for hydroxylation is 1. The molecule has 0 aliphatic rings. The Hall–Kier alpha value is -1.43. The molecule has 0 N–H and O–H groups in total. The van der Waals surface area contributed by atoms with Crippen molar-refractivity contribution in [2.24, 2.45) is 5.92 Å². The highest BCUT2D eigenvalue weighted by atomic mass is 35.5. The van der Waals surface area contributed by atoms with E-state index < -0.39 is 0 Å². The number of aromatic nitrogens is 5. The van der Waals surface area contributed by atoms with Gasteiger partial charge in [0, 0.05) is 24.9 Å². The first kappa shape index (κ1) is 13.0. The summed E-state index contributed by atoms with van der Waals surface area (Å²) >= 11 is 5.64. The fraction of sp³-hybridized carbons (Fsp3) is 0.636. The van der Waals surface area contributed by atoms with Gasteiger partial charge in [0.1, 0.15) is 6.54 Å². The fourth-order valence-corrected chi connectivity index (χ4v) is 1.75. The molecule has 6 nitrogen and oxygen atoms in total. The summed E-state index contributed by atoms with van der Waals surface area (Å²) < 4.78 is 6.84. The molecule has 0 saturated heterocycles. The molecule has 2 rings (SSSR count). The molecule has 7 heteroatoms. The van der Waals surface area contributed by atoms with Gasteiger partial charge < -0.3 is 4.52 Å². The molecule has 0 amide bonds. The second-order valence-electron chi connectivity index (χ2n) is 4.55. The van der Waals surface area contributed by atoms with Gasteiger partial charge in [0.2, 0.25) is 5.89 Å². The average Bonchev–Trinajstić information content (AvgIpc) is 2.89. The van der Waals surface area contributed by atoms with Crippen LogP contribution in [0, 0.1) is 5.92 Å². The van der Waals surface area contributed by atoms with E-state index in [0.717, 1.165) is 12.1 Å². The van der Waals surface area contributed by atoms with Crippen molar-refractivity contribution in [2.45, 2.75) is 33.2 Å². The molecule has 0 aromatic carbocycles. The maximum atomic E-state index is 5.64. The van der Waals surface area contributed by atoms with Crippen LogP contribution in [0.25, 0.3) is 0 Å². The van der Waals surface area contributed by atoms with Crippen LogP contribution < -0.4 is 0 Å². The van der Waals surface area contributed by atoms with Crippen LogP contribution in [0.15, 0.2) is 10.7 Å². The highest BCUT2D eigenvalue weighted by Gasteiger charge is 2.09. The molecule has 2 heterocycles. The zero-order valence-corrected chi connectivity index (χ0v) is 11.3. The van der Waals surface area contributed by atoms with Crippen molar-refractivity contribution in [1.29, 1.82) is 0 Å². The van der Waals surface area contributed by atoms with E-state index in [1.165, 1.54) is 0 Å². The van der Waals surface area contributed by atoms with Gasteiger partial charge in [0.05, 0.1) is 5.69 Å². The van der Waals surface area contributed by atoms with E-state index in [9.17, 15) is 0 Å². The maximum absolute atomic E-state index is 5.64. The summed E-state index contributed by atoms with van der Waals surface area (Å²) in [6.07, 6.45) is 3.36. The Morgan fingerprint density at radius 3 is 3.00 bits per heavy atom. The normalized spacial score (nSPS) is 11.3. The molecule has 0 aliphatic carbocycles. The number of alkyl halides is 1. The summed E-state index contributed by atoms with van der Waals surface area (Å²) in [6.45, 7) is 4.69. The second-order valence-corrected chi connectivity index (χ2v) is 4.93. The third kappa shape index (κ3) is 3.53. The third-order valence-electron chi connectivity index (χ3n) is 2.33. The summed E-state index contributed by atoms with van der Waals surface area (Å²) in [5.41, 5.74) is 0.871. The van der Waals surface area contributed by atoms with Crippen LogP contribution in [-0.4, -0.2) is 31.0 Å². The molecule has 98 valence electrons. The van der Waals surface area contributed by atoms with Crippen LogP contribution >= 0.6 is 11.6 Å². The molecule has 0 saturated carbocycles. The van der Waals surface area contributed by atoms with E-state index in [1.807, 2.05) is 6.20 Å². The van der Waals surface area contributed by atoms with Crippen LogP contribution in [0.4, 0.5) is 0 Å². The topological polar surface area (TPSA) is 69.6 Å². The Labute approximate surface area is 110 Å². The summed E-state index contributed by atoms with van der Waals surface area (Å²) in [7, 11) is 0. The first-order chi connectivity index (χ1) is 8.67. The van der Waals surface area contributed by atoms with Gasteiger partial charge in [-0.1, -0.05) is 24.2 Å². The third-order valence-corrected chi connectivity index (χ3v) is 2.52. The number of rotatable bonds is 6. The Morgan fingerprint density at radius 1 is 1.44 bits per heavy atom. The molecule has 0 spiro atoms. The maximum Gasteiger partial charge on any atom is 0.226 e. The first-order valence-corrected chi connectivity index (χ1v) is 6.47. The van der Waals surface area contributed by atoms with Crippen molar-refractivity contribution in [3.63, 3.8) is 0 Å². The number of hydrogen-bond donors (Lipinski definition) is 0. The van der Waals surface area contributed by atoms with Gasteiger partial charge in [0.25, 0.3) is 0 Å². The summed E-state index contributed by atoms with van der Waals surface area (Å²) in [6, 6.07) is 0. The highest BCUT2D eigenvalue weighted by molar-refractivity contribution is 6.17. The lowest BCUT2D eigenvalue weighted by atomic mass is 10.1. The van der Waals surface area contributed by atoms with Gasteiger partial charge in [-0.3, -0.25) is 0 Å². The van der Waals surface area contributed by atoms with Crippen molar-refractivity contribution in [2.75, 3.05) is 5.88 Å². The van der Waals surface area contributed by atoms with E-state index >= 15 is 0 Å². The van der Waals surface area contributed by atoms with Crippen molar-refractivity contribution < 1.29 is 4.52 Å². The highest BCUT2D eigenvalue weighted by Crippen LogP contribution is 2.06. The van der Waals surface area contributed by atoms with Gasteiger partial charge >= 0.3 is 0 Å². The first-order valence-electron chi connectivity index (χ1n) is 5.94. The van der Waals surface area contributed by atoms with Gasteiger partial charge in [-0.15, -0.1) is 16.7 Å². The number of hydrogen-bond acceptors (Lipinski definition) is 5. The molecule has 0 bridgehead atoms. The van der Waals surface area contributed by atoms with Crippen molar-refractivity contribution in [1.82, 2.24) is 25.1 Å². The molecule has 0 fully saturated rings. The average molecular weight is 270 g/mol. The van der Waals surface area contributed by atoms with Gasteiger partial charge in [-0.25, -0.2) is 4.68 Å². The van der Waals surface area contributed by atoms with Gasteiger partial charge in [-0.2, -0.15) is 4.98 Å². The SMILES string of the molecule is CC(C)Cc1nc(Cn2cc(CCCl)nn2)no1. The zero-order chi connectivity index (χ0) is 13.0. The minimum Gasteiger partial charge on any atom is -0.339 e. The monoisotopic (exact) mass is 269 g/mol. The van der Waals surface area contributed by atoms with Crippen molar-refractivity contribution in [3.8, 4) is 0 Å². The molecule has 2 aromatic heterocycles. The molecule has 0 radical (unpaired) electrons. The Kier molecular flexibility index (Phi) is 4.30. The number of halogens is 1. The summed E-state index contributed by atoms with van der Waals surface area (Å²) in [5, 5.41) is 11.9.